The number of aromatic nitrogens is 1. The van der Waals surface area contributed by atoms with Crippen molar-refractivity contribution in [2.45, 2.75) is 26.3 Å². The molecule has 2 aromatic rings. The Kier molecular flexibility index (Phi) is 2.90. The van der Waals surface area contributed by atoms with Crippen LogP contribution in [-0.4, -0.2) is 3.96 Å². The third-order valence-corrected chi connectivity index (χ3v) is 7.25. The van der Waals surface area contributed by atoms with Crippen LogP contribution < -0.4 is 5.56 Å². The van der Waals surface area contributed by atoms with Gasteiger partial charge in [0.1, 0.15) is 4.70 Å². The molecule has 0 saturated heterocycles. The van der Waals surface area contributed by atoms with Crippen LogP contribution >= 0.6 is 54.7 Å². The highest BCUT2D eigenvalue weighted by Crippen LogP contribution is 2.41. The van der Waals surface area contributed by atoms with Crippen molar-refractivity contribution >= 4 is 64.1 Å². The molecule has 2 rings (SSSR count). The number of halogens is 2. The average Bonchev–Trinajstić information content (AvgIpc) is 2.54. The molecular weight excluding hydrogens is 362 g/mol. The van der Waals surface area contributed by atoms with Gasteiger partial charge < -0.3 is 0 Å². The van der Waals surface area contributed by atoms with E-state index in [2.05, 4.69) is 31.9 Å². The number of hydrogen-bond donors (Lipinski definition) is 0. The molecule has 2 aromatic heterocycles. The number of nitrogens with zero attached hydrogens (tertiary/aromatic N) is 1. The molecule has 0 amide bonds. The van der Waals surface area contributed by atoms with Gasteiger partial charge in [-0.25, -0.2) is 0 Å². The van der Waals surface area contributed by atoms with Crippen molar-refractivity contribution in [1.29, 1.82) is 0 Å². The van der Waals surface area contributed by atoms with E-state index < -0.39 is 0 Å². The first-order chi connectivity index (χ1) is 6.82. The zero-order valence-corrected chi connectivity index (χ0v) is 13.2. The zero-order valence-electron chi connectivity index (χ0n) is 8.43. The van der Waals surface area contributed by atoms with Crippen LogP contribution in [0.3, 0.4) is 0 Å². The van der Waals surface area contributed by atoms with Gasteiger partial charge in [-0.3, -0.25) is 8.75 Å². The molecule has 6 heteroatoms. The summed E-state index contributed by atoms with van der Waals surface area (Å²) in [7, 11) is 0. The minimum Gasteiger partial charge on any atom is -0.267 e. The maximum Gasteiger partial charge on any atom is 0.279 e. The van der Waals surface area contributed by atoms with Crippen LogP contribution in [-0.2, 0) is 5.54 Å². The maximum absolute atomic E-state index is 12.1. The Morgan fingerprint density at radius 1 is 1.20 bits per heavy atom. The predicted molar refractivity (Wildman–Crippen MR) is 74.4 cm³/mol. The smallest absolute Gasteiger partial charge is 0.267 e. The molecule has 0 aliphatic rings. The fourth-order valence-corrected chi connectivity index (χ4v) is 4.95. The SMILES string of the molecule is CC(C)(C)n1sc2c(Br)c(Br)sc2c1=O. The molecule has 0 saturated carbocycles. The number of hydrogen-bond acceptors (Lipinski definition) is 3. The van der Waals surface area contributed by atoms with Crippen molar-refractivity contribution in [3.63, 3.8) is 0 Å². The van der Waals surface area contributed by atoms with Gasteiger partial charge in [-0.2, -0.15) is 0 Å². The van der Waals surface area contributed by atoms with Gasteiger partial charge in [-0.05, 0) is 52.6 Å². The summed E-state index contributed by atoms with van der Waals surface area (Å²) in [6, 6.07) is 0. The summed E-state index contributed by atoms with van der Waals surface area (Å²) >= 11 is 9.92. The summed E-state index contributed by atoms with van der Waals surface area (Å²) in [6.07, 6.45) is 0. The molecule has 0 aliphatic carbocycles. The molecule has 0 aromatic carbocycles. The van der Waals surface area contributed by atoms with Gasteiger partial charge in [0.15, 0.2) is 0 Å². The topological polar surface area (TPSA) is 22.0 Å². The standard InChI is InChI=1S/C9H9Br2NOS2/c1-9(2,3)12-8(13)6-5(15-12)4(10)7(11)14-6/h1-3H3. The molecule has 0 fully saturated rings. The van der Waals surface area contributed by atoms with Crippen LogP contribution in [0.25, 0.3) is 9.40 Å². The summed E-state index contributed by atoms with van der Waals surface area (Å²) in [5, 5.41) is 0. The van der Waals surface area contributed by atoms with Gasteiger partial charge in [0.2, 0.25) is 0 Å². The van der Waals surface area contributed by atoms with Crippen molar-refractivity contribution in [3.8, 4) is 0 Å². The van der Waals surface area contributed by atoms with Crippen molar-refractivity contribution < 1.29 is 0 Å². The average molecular weight is 371 g/mol. The summed E-state index contributed by atoms with van der Waals surface area (Å²) in [5.74, 6) is 0. The molecule has 0 unspecified atom stereocenters. The molecule has 0 bridgehead atoms. The van der Waals surface area contributed by atoms with Crippen LogP contribution in [0.1, 0.15) is 20.8 Å². The molecule has 0 aliphatic heterocycles. The highest BCUT2D eigenvalue weighted by molar-refractivity contribution is 9.13. The van der Waals surface area contributed by atoms with Gasteiger partial charge in [0.25, 0.3) is 5.56 Å². The minimum atomic E-state index is -0.146. The van der Waals surface area contributed by atoms with Gasteiger partial charge in [-0.1, -0.05) is 11.5 Å². The second-order valence-corrected chi connectivity index (χ2v) is 8.30. The number of thiophene rings is 1. The molecule has 0 atom stereocenters. The van der Waals surface area contributed by atoms with Gasteiger partial charge in [-0.15, -0.1) is 11.3 Å². The largest absolute Gasteiger partial charge is 0.279 e. The normalized spacial score (nSPS) is 12.6. The first kappa shape index (κ1) is 11.8. The highest BCUT2D eigenvalue weighted by Gasteiger charge is 2.22. The Bertz CT molecular complexity index is 573. The Hall–Kier alpha value is 0.350. The van der Waals surface area contributed by atoms with Gasteiger partial charge in [0, 0.05) is 0 Å². The lowest BCUT2D eigenvalue weighted by atomic mass is 10.1. The van der Waals surface area contributed by atoms with Crippen LogP contribution in [0.15, 0.2) is 13.1 Å². The molecule has 2 nitrogen and oxygen atoms in total. The summed E-state index contributed by atoms with van der Waals surface area (Å²) in [5.41, 5.74) is -0.0363. The molecule has 2 heterocycles. The van der Waals surface area contributed by atoms with E-state index in [0.717, 1.165) is 17.7 Å². The van der Waals surface area contributed by atoms with E-state index >= 15 is 0 Å². The Morgan fingerprint density at radius 2 is 1.80 bits per heavy atom. The molecule has 0 N–H and O–H groups in total. The third-order valence-electron chi connectivity index (χ3n) is 1.94. The lowest BCUT2D eigenvalue weighted by Crippen LogP contribution is -2.28. The zero-order chi connectivity index (χ0) is 11.4. The molecule has 0 radical (unpaired) electrons. The quantitative estimate of drug-likeness (QED) is 0.673. The highest BCUT2D eigenvalue weighted by atomic mass is 79.9. The summed E-state index contributed by atoms with van der Waals surface area (Å²) in [4.78, 5) is 12.1. The minimum absolute atomic E-state index is 0.110. The molecule has 0 spiro atoms. The summed E-state index contributed by atoms with van der Waals surface area (Å²) in [6.45, 7) is 6.12. The number of fused-ring (bicyclic) bond motifs is 1. The van der Waals surface area contributed by atoms with Crippen molar-refractivity contribution in [2.24, 2.45) is 0 Å². The van der Waals surface area contributed by atoms with Crippen molar-refractivity contribution in [2.75, 3.05) is 0 Å². The first-order valence-corrected chi connectivity index (χ1v) is 7.50. The molecular formula is C9H9Br2NOS2. The van der Waals surface area contributed by atoms with Crippen LogP contribution in [0.5, 0.6) is 0 Å². The summed E-state index contributed by atoms with van der Waals surface area (Å²) < 4.78 is 5.67. The molecule has 15 heavy (non-hydrogen) atoms. The third kappa shape index (κ3) is 1.85. The van der Waals surface area contributed by atoms with Crippen molar-refractivity contribution in [1.82, 2.24) is 3.96 Å². The fraction of sp³-hybridized carbons (Fsp3) is 0.444. The van der Waals surface area contributed by atoms with E-state index in [1.807, 2.05) is 24.7 Å². The lowest BCUT2D eigenvalue weighted by Gasteiger charge is -2.18. The van der Waals surface area contributed by atoms with Gasteiger partial charge in [0.05, 0.1) is 18.5 Å². The Labute approximate surface area is 112 Å². The van der Waals surface area contributed by atoms with E-state index in [0.29, 0.717) is 0 Å². The van der Waals surface area contributed by atoms with E-state index in [-0.39, 0.29) is 11.1 Å². The van der Waals surface area contributed by atoms with E-state index in [9.17, 15) is 4.79 Å². The van der Waals surface area contributed by atoms with Gasteiger partial charge >= 0.3 is 0 Å². The van der Waals surface area contributed by atoms with E-state index in [4.69, 9.17) is 0 Å². The predicted octanol–water partition coefficient (Wildman–Crippen LogP) is 4.40. The second-order valence-electron chi connectivity index (χ2n) is 4.21. The van der Waals surface area contributed by atoms with Crippen LogP contribution in [0.2, 0.25) is 0 Å². The van der Waals surface area contributed by atoms with Crippen LogP contribution in [0.4, 0.5) is 0 Å². The van der Waals surface area contributed by atoms with E-state index in [1.54, 1.807) is 0 Å². The lowest BCUT2D eigenvalue weighted by molar-refractivity contribution is 0.420. The Balaban J connectivity index is 2.84. The van der Waals surface area contributed by atoms with Crippen LogP contribution in [0, 0.1) is 0 Å². The van der Waals surface area contributed by atoms with E-state index in [1.165, 1.54) is 22.9 Å². The monoisotopic (exact) mass is 369 g/mol. The fourth-order valence-electron chi connectivity index (χ4n) is 1.26. The maximum atomic E-state index is 12.1. The first-order valence-electron chi connectivity index (χ1n) is 4.32. The Morgan fingerprint density at radius 3 is 2.27 bits per heavy atom. The second kappa shape index (κ2) is 3.68. The van der Waals surface area contributed by atoms with Crippen molar-refractivity contribution in [3.05, 3.63) is 18.6 Å². The molecule has 82 valence electrons. The number of rotatable bonds is 0.